The number of carbonyl (C=O) groups is 2. The summed E-state index contributed by atoms with van der Waals surface area (Å²) in [5.74, 6) is 0.777. The van der Waals surface area contributed by atoms with Gasteiger partial charge in [0.25, 0.3) is 0 Å². The van der Waals surface area contributed by atoms with E-state index in [1.54, 1.807) is 0 Å². The highest BCUT2D eigenvalue weighted by molar-refractivity contribution is 5.73. The molecule has 0 fully saturated rings. The number of ether oxygens (including phenoxy) is 2. The van der Waals surface area contributed by atoms with Crippen LogP contribution in [0.1, 0.15) is 18.1 Å². The molecule has 5 heteroatoms. The van der Waals surface area contributed by atoms with E-state index in [1.165, 1.54) is 0 Å². The number of nitrogens with one attached hydrogen (secondary N) is 1. The second-order valence-corrected chi connectivity index (χ2v) is 5.23. The number of rotatable bonds is 8. The lowest BCUT2D eigenvalue weighted by atomic mass is 10.1. The lowest BCUT2D eigenvalue weighted by Gasteiger charge is -2.13. The van der Waals surface area contributed by atoms with Crippen molar-refractivity contribution in [3.05, 3.63) is 65.7 Å². The van der Waals surface area contributed by atoms with Gasteiger partial charge in [0.1, 0.15) is 18.6 Å². The first-order chi connectivity index (χ1) is 11.7. The van der Waals surface area contributed by atoms with E-state index in [0.717, 1.165) is 16.9 Å². The van der Waals surface area contributed by atoms with E-state index in [9.17, 15) is 9.59 Å². The molecule has 0 unspecified atom stereocenters. The van der Waals surface area contributed by atoms with Gasteiger partial charge in [-0.15, -0.1) is 0 Å². The second kappa shape index (κ2) is 9.35. The van der Waals surface area contributed by atoms with Crippen molar-refractivity contribution < 1.29 is 19.1 Å². The molecule has 0 saturated carbocycles. The maximum absolute atomic E-state index is 11.8. The Morgan fingerprint density at radius 2 is 1.79 bits per heavy atom. The SMILES string of the molecule is CCOc1ccc(C[C@@H](C=O)NC(=O)OCc2ccccc2)cc1. The molecule has 1 N–H and O–H groups in total. The summed E-state index contributed by atoms with van der Waals surface area (Å²) in [6.07, 6.45) is 0.498. The molecule has 0 saturated heterocycles. The molecule has 0 bridgehead atoms. The molecule has 126 valence electrons. The van der Waals surface area contributed by atoms with Crippen LogP contribution < -0.4 is 10.1 Å². The zero-order valence-corrected chi connectivity index (χ0v) is 13.6. The van der Waals surface area contributed by atoms with Crippen LogP contribution in [-0.2, 0) is 22.6 Å². The predicted octanol–water partition coefficient (Wildman–Crippen LogP) is 3.12. The molecule has 1 atom stereocenters. The Kier molecular flexibility index (Phi) is 6.83. The van der Waals surface area contributed by atoms with Gasteiger partial charge in [-0.2, -0.15) is 0 Å². The van der Waals surface area contributed by atoms with E-state index < -0.39 is 12.1 Å². The summed E-state index contributed by atoms with van der Waals surface area (Å²) in [4.78, 5) is 23.0. The van der Waals surface area contributed by atoms with Crippen LogP contribution >= 0.6 is 0 Å². The lowest BCUT2D eigenvalue weighted by Crippen LogP contribution is -2.37. The summed E-state index contributed by atoms with van der Waals surface area (Å²) in [6, 6.07) is 16.2. The van der Waals surface area contributed by atoms with E-state index in [-0.39, 0.29) is 6.61 Å². The summed E-state index contributed by atoms with van der Waals surface area (Å²) < 4.78 is 10.5. The maximum Gasteiger partial charge on any atom is 0.408 e. The molecule has 0 aromatic heterocycles. The summed E-state index contributed by atoms with van der Waals surface area (Å²) in [5, 5.41) is 2.56. The van der Waals surface area contributed by atoms with Crippen LogP contribution in [0.15, 0.2) is 54.6 Å². The monoisotopic (exact) mass is 327 g/mol. The van der Waals surface area contributed by atoms with Crippen molar-refractivity contribution >= 4 is 12.4 Å². The summed E-state index contributed by atoms with van der Waals surface area (Å²) in [5.41, 5.74) is 1.82. The molecule has 0 aliphatic carbocycles. The van der Waals surface area contributed by atoms with Crippen molar-refractivity contribution in [3.8, 4) is 5.75 Å². The molecule has 2 aromatic rings. The molecular formula is C19H21NO4. The van der Waals surface area contributed by atoms with Gasteiger partial charge >= 0.3 is 6.09 Å². The van der Waals surface area contributed by atoms with Gasteiger partial charge in [0, 0.05) is 0 Å². The first-order valence-electron chi connectivity index (χ1n) is 7.85. The minimum atomic E-state index is -0.633. The van der Waals surface area contributed by atoms with E-state index in [2.05, 4.69) is 5.32 Å². The molecule has 1 amide bonds. The highest BCUT2D eigenvalue weighted by Crippen LogP contribution is 2.13. The van der Waals surface area contributed by atoms with Gasteiger partial charge in [-0.3, -0.25) is 0 Å². The third-order valence-electron chi connectivity index (χ3n) is 3.37. The summed E-state index contributed by atoms with van der Waals surface area (Å²) in [7, 11) is 0. The van der Waals surface area contributed by atoms with Gasteiger partial charge in [0.2, 0.25) is 0 Å². The third-order valence-corrected chi connectivity index (χ3v) is 3.37. The standard InChI is InChI=1S/C19H21NO4/c1-2-23-18-10-8-15(9-11-18)12-17(13-21)20-19(22)24-14-16-6-4-3-5-7-16/h3-11,13,17H,2,12,14H2,1H3,(H,20,22)/t17-/m0/s1. The largest absolute Gasteiger partial charge is 0.494 e. The van der Waals surface area contributed by atoms with Crippen molar-refractivity contribution in [2.45, 2.75) is 26.0 Å². The van der Waals surface area contributed by atoms with Crippen molar-refractivity contribution in [1.82, 2.24) is 5.32 Å². The Labute approximate surface area is 141 Å². The fraction of sp³-hybridized carbons (Fsp3) is 0.263. The highest BCUT2D eigenvalue weighted by atomic mass is 16.5. The van der Waals surface area contributed by atoms with Gasteiger partial charge in [-0.05, 0) is 36.6 Å². The number of alkyl carbamates (subject to hydrolysis) is 1. The predicted molar refractivity (Wildman–Crippen MR) is 90.9 cm³/mol. The molecule has 0 radical (unpaired) electrons. The van der Waals surface area contributed by atoms with Crippen molar-refractivity contribution in [2.24, 2.45) is 0 Å². The molecule has 0 aliphatic rings. The first kappa shape index (κ1) is 17.5. The molecule has 0 aliphatic heterocycles. The fourth-order valence-corrected chi connectivity index (χ4v) is 2.19. The van der Waals surface area contributed by atoms with E-state index in [1.807, 2.05) is 61.5 Å². The smallest absolute Gasteiger partial charge is 0.408 e. The molecular weight excluding hydrogens is 306 g/mol. The minimum Gasteiger partial charge on any atom is -0.494 e. The Balaban J connectivity index is 1.82. The van der Waals surface area contributed by atoms with Gasteiger partial charge < -0.3 is 19.6 Å². The zero-order chi connectivity index (χ0) is 17.2. The Bertz CT molecular complexity index is 640. The van der Waals surface area contributed by atoms with Crippen LogP contribution in [0.5, 0.6) is 5.75 Å². The maximum atomic E-state index is 11.8. The van der Waals surface area contributed by atoms with E-state index in [4.69, 9.17) is 9.47 Å². The number of hydrogen-bond donors (Lipinski definition) is 1. The van der Waals surface area contributed by atoms with Crippen LogP contribution in [0, 0.1) is 0 Å². The molecule has 2 rings (SSSR count). The van der Waals surface area contributed by atoms with Crippen LogP contribution in [0.4, 0.5) is 4.79 Å². The van der Waals surface area contributed by atoms with Crippen LogP contribution in [0.25, 0.3) is 0 Å². The number of amides is 1. The summed E-state index contributed by atoms with van der Waals surface area (Å²) >= 11 is 0. The van der Waals surface area contributed by atoms with E-state index in [0.29, 0.717) is 19.3 Å². The quantitative estimate of drug-likeness (QED) is 0.757. The van der Waals surface area contributed by atoms with Crippen LogP contribution in [0.3, 0.4) is 0 Å². The Hall–Kier alpha value is -2.82. The molecule has 24 heavy (non-hydrogen) atoms. The molecule has 0 spiro atoms. The van der Waals surface area contributed by atoms with Gasteiger partial charge in [0.05, 0.1) is 12.6 Å². The van der Waals surface area contributed by atoms with Crippen LogP contribution in [-0.4, -0.2) is 25.0 Å². The van der Waals surface area contributed by atoms with Crippen molar-refractivity contribution in [2.75, 3.05) is 6.61 Å². The average Bonchev–Trinajstić information content (AvgIpc) is 2.62. The van der Waals surface area contributed by atoms with Crippen LogP contribution in [0.2, 0.25) is 0 Å². The number of carbonyl (C=O) groups excluding carboxylic acids is 2. The Morgan fingerprint density at radius 3 is 2.42 bits per heavy atom. The summed E-state index contributed by atoms with van der Waals surface area (Å²) in [6.45, 7) is 2.69. The zero-order valence-electron chi connectivity index (χ0n) is 13.6. The number of benzene rings is 2. The highest BCUT2D eigenvalue weighted by Gasteiger charge is 2.13. The lowest BCUT2D eigenvalue weighted by molar-refractivity contribution is -0.109. The number of aldehydes is 1. The Morgan fingerprint density at radius 1 is 1.08 bits per heavy atom. The normalized spacial score (nSPS) is 11.4. The van der Waals surface area contributed by atoms with Crippen molar-refractivity contribution in [3.63, 3.8) is 0 Å². The van der Waals surface area contributed by atoms with Gasteiger partial charge in [0.15, 0.2) is 0 Å². The van der Waals surface area contributed by atoms with E-state index >= 15 is 0 Å². The van der Waals surface area contributed by atoms with Gasteiger partial charge in [-0.25, -0.2) is 4.79 Å². The molecule has 0 heterocycles. The number of hydrogen-bond acceptors (Lipinski definition) is 4. The topological polar surface area (TPSA) is 64.6 Å². The molecule has 5 nitrogen and oxygen atoms in total. The fourth-order valence-electron chi connectivity index (χ4n) is 2.19. The average molecular weight is 327 g/mol. The second-order valence-electron chi connectivity index (χ2n) is 5.23. The first-order valence-corrected chi connectivity index (χ1v) is 7.85. The minimum absolute atomic E-state index is 0.168. The van der Waals surface area contributed by atoms with Crippen molar-refractivity contribution in [1.29, 1.82) is 0 Å². The molecule has 2 aromatic carbocycles. The van der Waals surface area contributed by atoms with Gasteiger partial charge in [-0.1, -0.05) is 42.5 Å². The third kappa shape index (κ3) is 5.76.